The largest absolute Gasteiger partial charge is 0.481 e. The van der Waals surface area contributed by atoms with Crippen molar-refractivity contribution in [3.05, 3.63) is 134 Å². The van der Waals surface area contributed by atoms with Crippen LogP contribution >= 0.6 is 0 Å². The van der Waals surface area contributed by atoms with Gasteiger partial charge in [-0.1, -0.05) is 148 Å². The lowest BCUT2D eigenvalue weighted by Crippen LogP contribution is -2.05. The van der Waals surface area contributed by atoms with E-state index in [-0.39, 0.29) is 12.8 Å². The molecule has 0 aliphatic rings. The van der Waals surface area contributed by atoms with Gasteiger partial charge in [-0.05, 0) is 51.4 Å². The molecule has 2 unspecified atom stereocenters. The first-order valence-electron chi connectivity index (χ1n) is 18.2. The van der Waals surface area contributed by atoms with Crippen LogP contribution in [-0.2, 0) is 14.5 Å². The van der Waals surface area contributed by atoms with Gasteiger partial charge in [0.05, 0.1) is 24.7 Å². The molecule has 0 saturated heterocycles. The second-order valence-electron chi connectivity index (χ2n) is 11.4. The minimum atomic E-state index is -0.866. The Morgan fingerprint density at radius 2 is 1.00 bits per heavy atom. The Kier molecular flexibility index (Phi) is 38.4. The zero-order valence-corrected chi connectivity index (χ0v) is 31.4. The van der Waals surface area contributed by atoms with Crippen LogP contribution in [0, 0.1) is 11.8 Å². The first kappa shape index (κ1) is 50.5. The number of hydrogen-bond acceptors (Lipinski definition) is 7. The lowest BCUT2D eigenvalue weighted by atomic mass is 10.2. The highest BCUT2D eigenvalue weighted by atomic mass is 17.1. The Balaban J connectivity index is 0. The van der Waals surface area contributed by atoms with Crippen molar-refractivity contribution in [1.29, 1.82) is 0 Å². The van der Waals surface area contributed by atoms with E-state index in [1.54, 1.807) is 48.6 Å². The molecule has 9 nitrogen and oxygen atoms in total. The molecular formula is C44H62O9. The SMILES string of the molecule is CC/C=C\CC(O)/C=C/C=C\C/C=C\C=C\C(C/C=C\CCC(=O)O)OO.CC/C=C\C[C@H](O)/C=C/C=C\C/C=C\C=C\[C@@H](O)CC#CCCC(=O)O. The van der Waals surface area contributed by atoms with E-state index in [0.29, 0.717) is 38.5 Å². The Morgan fingerprint density at radius 3 is 1.45 bits per heavy atom. The molecule has 0 aromatic heterocycles. The van der Waals surface area contributed by atoms with Gasteiger partial charge < -0.3 is 25.5 Å². The third kappa shape index (κ3) is 43.5. The Morgan fingerprint density at radius 1 is 0.547 bits per heavy atom. The molecule has 0 rings (SSSR count). The van der Waals surface area contributed by atoms with Gasteiger partial charge in [-0.15, -0.1) is 11.8 Å². The van der Waals surface area contributed by atoms with Crippen LogP contribution in [0.3, 0.4) is 0 Å². The summed E-state index contributed by atoms with van der Waals surface area (Å²) in [6, 6.07) is 0. The maximum atomic E-state index is 10.4. The van der Waals surface area contributed by atoms with Crippen LogP contribution in [-0.4, -0.2) is 67.1 Å². The van der Waals surface area contributed by atoms with Crippen molar-refractivity contribution in [1.82, 2.24) is 0 Å². The number of hydrogen-bond donors (Lipinski definition) is 6. The normalized spacial score (nSPS) is 15.0. The van der Waals surface area contributed by atoms with Gasteiger partial charge in [0.15, 0.2) is 0 Å². The molecule has 0 fully saturated rings. The van der Waals surface area contributed by atoms with Crippen LogP contribution in [0.15, 0.2) is 134 Å². The predicted molar refractivity (Wildman–Crippen MR) is 216 cm³/mol. The molecule has 0 spiro atoms. The first-order chi connectivity index (χ1) is 25.7. The monoisotopic (exact) mass is 734 g/mol. The summed E-state index contributed by atoms with van der Waals surface area (Å²) in [5.74, 6) is 3.78. The number of aliphatic hydroxyl groups is 3. The molecule has 0 bridgehead atoms. The van der Waals surface area contributed by atoms with Gasteiger partial charge >= 0.3 is 11.9 Å². The smallest absolute Gasteiger partial charge is 0.304 e. The summed E-state index contributed by atoms with van der Waals surface area (Å²) in [7, 11) is 0. The summed E-state index contributed by atoms with van der Waals surface area (Å²) in [5.41, 5.74) is 0. The predicted octanol–water partition coefficient (Wildman–Crippen LogP) is 8.93. The molecule has 0 amide bonds. The average molecular weight is 735 g/mol. The zero-order chi connectivity index (χ0) is 39.6. The maximum Gasteiger partial charge on any atom is 0.304 e. The molecule has 0 aromatic carbocycles. The minimum Gasteiger partial charge on any atom is -0.481 e. The Bertz CT molecular complexity index is 1310. The van der Waals surface area contributed by atoms with E-state index in [1.807, 2.05) is 85.1 Å². The molecule has 53 heavy (non-hydrogen) atoms. The second-order valence-corrected chi connectivity index (χ2v) is 11.4. The standard InChI is InChI=1S/C22H32O5.C22H30O4/c1-2-3-10-15-20(23)16-11-7-5-4-6-8-12-17-21(27-26)18-13-9-14-19-22(24)25;1-2-3-10-15-20(23)16-11-7-5-4-6-8-12-17-21(24)18-13-9-14-19-22(25)26/h3,5-13,16-17,20-21,23,26H,2,4,14-15,18-19H2,1H3,(H,24,25);3,5-8,10-12,16-17,20-21,23-24H,2,4,14-15,18-19H2,1H3,(H,25,26)/b7-5-,8-6-,10-3-,13-9-,16-11+,17-12+;7-5-,8-6-,10-3-,16-11+,17-12+/t;20-,21+/m.0/s1. The molecule has 0 aromatic rings. The lowest BCUT2D eigenvalue weighted by Gasteiger charge is -2.04. The van der Waals surface area contributed by atoms with Crippen LogP contribution in [0.4, 0.5) is 0 Å². The van der Waals surface area contributed by atoms with E-state index in [2.05, 4.69) is 30.6 Å². The van der Waals surface area contributed by atoms with Gasteiger partial charge in [0.25, 0.3) is 0 Å². The number of allylic oxidation sites excluding steroid dienone is 15. The fourth-order valence-corrected chi connectivity index (χ4v) is 3.73. The topological polar surface area (TPSA) is 165 Å². The number of carboxylic acid groups (broad SMARTS) is 2. The van der Waals surface area contributed by atoms with Crippen molar-refractivity contribution in [2.24, 2.45) is 0 Å². The number of carbonyl (C=O) groups is 2. The number of carboxylic acids is 2. The molecule has 0 radical (unpaired) electrons. The summed E-state index contributed by atoms with van der Waals surface area (Å²) < 4.78 is 0. The lowest BCUT2D eigenvalue weighted by molar-refractivity contribution is -0.264. The average Bonchev–Trinajstić information content (AvgIpc) is 3.12. The molecule has 4 atom stereocenters. The molecule has 0 heterocycles. The third-order valence-electron chi connectivity index (χ3n) is 6.51. The van der Waals surface area contributed by atoms with E-state index >= 15 is 0 Å². The molecular weight excluding hydrogens is 672 g/mol. The molecule has 0 aliphatic heterocycles. The van der Waals surface area contributed by atoms with E-state index < -0.39 is 36.4 Å². The van der Waals surface area contributed by atoms with Gasteiger partial charge in [-0.25, -0.2) is 4.89 Å². The summed E-state index contributed by atoms with van der Waals surface area (Å²) >= 11 is 0. The van der Waals surface area contributed by atoms with E-state index in [4.69, 9.17) is 15.5 Å². The van der Waals surface area contributed by atoms with Crippen LogP contribution in [0.5, 0.6) is 0 Å². The molecule has 0 aliphatic carbocycles. The number of aliphatic hydroxyl groups excluding tert-OH is 3. The molecule has 6 N–H and O–H groups in total. The van der Waals surface area contributed by atoms with Crippen molar-refractivity contribution in [2.45, 2.75) is 115 Å². The summed E-state index contributed by atoms with van der Waals surface area (Å²) in [6.07, 6.45) is 45.4. The van der Waals surface area contributed by atoms with E-state index in [9.17, 15) is 24.9 Å². The number of rotatable bonds is 27. The van der Waals surface area contributed by atoms with Crippen LogP contribution in [0.2, 0.25) is 0 Å². The zero-order valence-electron chi connectivity index (χ0n) is 31.4. The molecule has 9 heteroatoms. The maximum absolute atomic E-state index is 10.4. The van der Waals surface area contributed by atoms with Crippen molar-refractivity contribution < 1.29 is 45.3 Å². The van der Waals surface area contributed by atoms with E-state index in [0.717, 1.165) is 25.7 Å². The highest BCUT2D eigenvalue weighted by molar-refractivity contribution is 5.67. The van der Waals surface area contributed by atoms with Crippen molar-refractivity contribution in [2.75, 3.05) is 0 Å². The summed E-state index contributed by atoms with van der Waals surface area (Å²) in [6.45, 7) is 4.12. The van der Waals surface area contributed by atoms with Gasteiger partial charge in [-0.3, -0.25) is 14.8 Å². The highest BCUT2D eigenvalue weighted by Gasteiger charge is 2.01. The fraction of sp³-hybridized carbons (Fsp3) is 0.409. The van der Waals surface area contributed by atoms with Crippen molar-refractivity contribution in [3.8, 4) is 11.8 Å². The van der Waals surface area contributed by atoms with Gasteiger partial charge in [-0.2, -0.15) is 0 Å². The third-order valence-corrected chi connectivity index (χ3v) is 6.51. The van der Waals surface area contributed by atoms with Gasteiger partial charge in [0.2, 0.25) is 0 Å². The van der Waals surface area contributed by atoms with Crippen LogP contribution in [0.25, 0.3) is 0 Å². The Hall–Kier alpha value is -4.56. The molecule has 292 valence electrons. The van der Waals surface area contributed by atoms with Crippen molar-refractivity contribution in [3.63, 3.8) is 0 Å². The quantitative estimate of drug-likeness (QED) is 0.0159. The number of aliphatic carboxylic acids is 2. The summed E-state index contributed by atoms with van der Waals surface area (Å²) in [5, 5.41) is 54.8. The van der Waals surface area contributed by atoms with Gasteiger partial charge in [0.1, 0.15) is 6.10 Å². The second kappa shape index (κ2) is 40.2. The summed E-state index contributed by atoms with van der Waals surface area (Å²) in [4.78, 5) is 25.0. The first-order valence-corrected chi connectivity index (χ1v) is 18.2. The van der Waals surface area contributed by atoms with Crippen LogP contribution in [0.1, 0.15) is 90.9 Å². The van der Waals surface area contributed by atoms with Crippen LogP contribution < -0.4 is 0 Å². The van der Waals surface area contributed by atoms with Crippen molar-refractivity contribution >= 4 is 11.9 Å². The molecule has 0 saturated carbocycles. The highest BCUT2D eigenvalue weighted by Crippen LogP contribution is 2.03. The fourth-order valence-electron chi connectivity index (χ4n) is 3.73. The van der Waals surface area contributed by atoms with Gasteiger partial charge in [0, 0.05) is 19.3 Å². The Labute approximate surface area is 317 Å². The minimum absolute atomic E-state index is 0.0270. The van der Waals surface area contributed by atoms with E-state index in [1.165, 1.54) is 0 Å².